The molecule has 0 heterocycles. The Bertz CT molecular complexity index is 289. The first-order chi connectivity index (χ1) is 12.2. The number of hydrogen-bond acceptors (Lipinski definition) is 3. The number of rotatable bonds is 16. The lowest BCUT2D eigenvalue weighted by atomic mass is 9.86. The van der Waals surface area contributed by atoms with Gasteiger partial charge in [0.05, 0.1) is 6.10 Å². The topological polar surface area (TPSA) is 38.7 Å². The fourth-order valence-corrected chi connectivity index (χ4v) is 4.38. The molecule has 0 aromatic heterocycles. The summed E-state index contributed by atoms with van der Waals surface area (Å²) in [6, 6.07) is 0. The zero-order chi connectivity index (χ0) is 18.3. The summed E-state index contributed by atoms with van der Waals surface area (Å²) in [6.45, 7) is 7.77. The smallest absolute Gasteiger partial charge is 0.157 e. The van der Waals surface area contributed by atoms with E-state index in [-0.39, 0.29) is 12.4 Å². The van der Waals surface area contributed by atoms with Crippen LogP contribution < -0.4 is 0 Å². The highest BCUT2D eigenvalue weighted by atomic mass is 16.7. The Labute approximate surface area is 156 Å². The van der Waals surface area contributed by atoms with Gasteiger partial charge < -0.3 is 14.6 Å². The predicted octanol–water partition coefficient (Wildman–Crippen LogP) is 6.08. The Morgan fingerprint density at radius 2 is 1.44 bits per heavy atom. The Morgan fingerprint density at radius 1 is 0.800 bits per heavy atom. The molecule has 1 N–H and O–H groups in total. The van der Waals surface area contributed by atoms with Crippen LogP contribution in [0.5, 0.6) is 0 Å². The van der Waals surface area contributed by atoms with Gasteiger partial charge in [-0.25, -0.2) is 0 Å². The summed E-state index contributed by atoms with van der Waals surface area (Å²) in [5.41, 5.74) is 0. The minimum Gasteiger partial charge on any atom is -0.393 e. The van der Waals surface area contributed by atoms with E-state index in [2.05, 4.69) is 6.92 Å². The number of ether oxygens (including phenoxy) is 2. The normalized spacial score (nSPS) is 23.6. The molecule has 0 bridgehead atoms. The fourth-order valence-electron chi connectivity index (χ4n) is 4.38. The van der Waals surface area contributed by atoms with E-state index in [1.165, 1.54) is 70.6 Å². The van der Waals surface area contributed by atoms with Gasteiger partial charge in [0.1, 0.15) is 0 Å². The first-order valence-electron chi connectivity index (χ1n) is 11.1. The van der Waals surface area contributed by atoms with Gasteiger partial charge in [-0.15, -0.1) is 0 Å². The van der Waals surface area contributed by atoms with Crippen LogP contribution in [0.2, 0.25) is 0 Å². The minimum atomic E-state index is -0.0311. The van der Waals surface area contributed by atoms with Crippen molar-refractivity contribution in [2.75, 3.05) is 13.2 Å². The molecule has 0 spiro atoms. The highest BCUT2D eigenvalue weighted by Crippen LogP contribution is 2.38. The van der Waals surface area contributed by atoms with Crippen LogP contribution in [0.15, 0.2) is 0 Å². The lowest BCUT2D eigenvalue weighted by molar-refractivity contribution is -0.140. The molecule has 1 aliphatic rings. The van der Waals surface area contributed by atoms with Crippen molar-refractivity contribution in [1.29, 1.82) is 0 Å². The molecule has 0 amide bonds. The van der Waals surface area contributed by atoms with Gasteiger partial charge in [-0.3, -0.25) is 0 Å². The molecular formula is C22H44O3. The van der Waals surface area contributed by atoms with E-state index < -0.39 is 0 Å². The van der Waals surface area contributed by atoms with Crippen molar-refractivity contribution < 1.29 is 14.6 Å². The monoisotopic (exact) mass is 356 g/mol. The minimum absolute atomic E-state index is 0.0147. The quantitative estimate of drug-likeness (QED) is 0.269. The summed E-state index contributed by atoms with van der Waals surface area (Å²) < 4.78 is 11.2. The zero-order valence-electron chi connectivity index (χ0n) is 17.2. The number of unbranched alkanes of at least 4 members (excludes halogenated alkanes) is 6. The highest BCUT2D eigenvalue weighted by Gasteiger charge is 2.33. The molecule has 1 aliphatic carbocycles. The third-order valence-electron chi connectivity index (χ3n) is 5.79. The molecule has 0 saturated heterocycles. The van der Waals surface area contributed by atoms with Crippen LogP contribution in [0, 0.1) is 11.8 Å². The maximum Gasteiger partial charge on any atom is 0.157 e. The molecule has 1 fully saturated rings. The van der Waals surface area contributed by atoms with E-state index in [9.17, 15) is 5.11 Å². The van der Waals surface area contributed by atoms with Gasteiger partial charge in [0.15, 0.2) is 6.29 Å². The molecule has 3 nitrogen and oxygen atoms in total. The van der Waals surface area contributed by atoms with E-state index in [1.54, 1.807) is 0 Å². The molecule has 0 aromatic rings. The summed E-state index contributed by atoms with van der Waals surface area (Å²) in [5.74, 6) is 1.35. The third-order valence-corrected chi connectivity index (χ3v) is 5.79. The first kappa shape index (κ1) is 22.9. The molecule has 0 aliphatic heterocycles. The van der Waals surface area contributed by atoms with E-state index in [4.69, 9.17) is 9.47 Å². The predicted molar refractivity (Wildman–Crippen MR) is 106 cm³/mol. The average Bonchev–Trinajstić information content (AvgIpc) is 2.95. The molecule has 0 radical (unpaired) electrons. The average molecular weight is 357 g/mol. The van der Waals surface area contributed by atoms with Crippen LogP contribution in [0.1, 0.15) is 104 Å². The lowest BCUT2D eigenvalue weighted by Gasteiger charge is -2.22. The fraction of sp³-hybridized carbons (Fsp3) is 1.00. The Balaban J connectivity index is 2.12. The third kappa shape index (κ3) is 9.96. The molecule has 0 aromatic carbocycles. The summed E-state index contributed by atoms with van der Waals surface area (Å²) in [5, 5.41) is 10.3. The van der Waals surface area contributed by atoms with E-state index in [1.807, 2.05) is 13.8 Å². The van der Waals surface area contributed by atoms with Crippen LogP contribution in [-0.4, -0.2) is 30.7 Å². The van der Waals surface area contributed by atoms with Crippen LogP contribution in [0.25, 0.3) is 0 Å². The summed E-state index contributed by atoms with van der Waals surface area (Å²) in [6.07, 6.45) is 16.2. The van der Waals surface area contributed by atoms with Gasteiger partial charge in [-0.05, 0) is 57.8 Å². The van der Waals surface area contributed by atoms with Crippen molar-refractivity contribution in [3.8, 4) is 0 Å². The van der Waals surface area contributed by atoms with Crippen LogP contribution in [0.4, 0.5) is 0 Å². The van der Waals surface area contributed by atoms with Crippen LogP contribution in [0.3, 0.4) is 0 Å². The summed E-state index contributed by atoms with van der Waals surface area (Å²) in [4.78, 5) is 0. The molecule has 3 heteroatoms. The first-order valence-corrected chi connectivity index (χ1v) is 11.1. The summed E-state index contributed by atoms with van der Waals surface area (Å²) >= 11 is 0. The molecule has 25 heavy (non-hydrogen) atoms. The molecule has 1 rings (SSSR count). The van der Waals surface area contributed by atoms with Gasteiger partial charge in [0.2, 0.25) is 0 Å². The molecular weight excluding hydrogens is 312 g/mol. The van der Waals surface area contributed by atoms with Gasteiger partial charge in [-0.1, -0.05) is 58.3 Å². The second kappa shape index (κ2) is 15.0. The van der Waals surface area contributed by atoms with Crippen molar-refractivity contribution in [3.05, 3.63) is 0 Å². The number of aliphatic hydroxyl groups excluding tert-OH is 1. The lowest BCUT2D eigenvalue weighted by Crippen LogP contribution is -2.19. The molecule has 150 valence electrons. The van der Waals surface area contributed by atoms with Crippen molar-refractivity contribution in [2.45, 2.75) is 117 Å². The largest absolute Gasteiger partial charge is 0.393 e. The van der Waals surface area contributed by atoms with Crippen molar-refractivity contribution >= 4 is 0 Å². The van der Waals surface area contributed by atoms with Crippen LogP contribution >= 0.6 is 0 Å². The number of aliphatic hydroxyl groups is 1. The molecule has 1 saturated carbocycles. The SMILES string of the molecule is CCCCCCC1CCC(O)C1CCCCCCC(OCC)OCC. The maximum absolute atomic E-state index is 10.3. The van der Waals surface area contributed by atoms with Gasteiger partial charge >= 0.3 is 0 Å². The Morgan fingerprint density at radius 3 is 2.12 bits per heavy atom. The van der Waals surface area contributed by atoms with Crippen molar-refractivity contribution in [1.82, 2.24) is 0 Å². The maximum atomic E-state index is 10.3. The second-order valence-corrected chi connectivity index (χ2v) is 7.75. The van der Waals surface area contributed by atoms with Crippen molar-refractivity contribution in [3.63, 3.8) is 0 Å². The molecule has 3 unspecified atom stereocenters. The molecule has 3 atom stereocenters. The standard InChI is InChI=1S/C22H44O3/c1-4-7-8-11-14-19-17-18-21(23)20(19)15-12-9-10-13-16-22(24-5-2)25-6-3/h19-23H,4-18H2,1-3H3. The van der Waals surface area contributed by atoms with E-state index >= 15 is 0 Å². The van der Waals surface area contributed by atoms with E-state index in [0.29, 0.717) is 5.92 Å². The highest BCUT2D eigenvalue weighted by molar-refractivity contribution is 4.84. The Hall–Kier alpha value is -0.120. The van der Waals surface area contributed by atoms with Gasteiger partial charge in [0.25, 0.3) is 0 Å². The summed E-state index contributed by atoms with van der Waals surface area (Å²) in [7, 11) is 0. The van der Waals surface area contributed by atoms with Gasteiger partial charge in [0, 0.05) is 13.2 Å². The second-order valence-electron chi connectivity index (χ2n) is 7.75. The van der Waals surface area contributed by atoms with Crippen LogP contribution in [-0.2, 0) is 9.47 Å². The number of hydrogen-bond donors (Lipinski definition) is 1. The van der Waals surface area contributed by atoms with Gasteiger partial charge in [-0.2, -0.15) is 0 Å². The van der Waals surface area contributed by atoms with Crippen molar-refractivity contribution in [2.24, 2.45) is 11.8 Å². The van der Waals surface area contributed by atoms with E-state index in [0.717, 1.165) is 32.0 Å². The zero-order valence-corrected chi connectivity index (χ0v) is 17.2. The Kier molecular flexibility index (Phi) is 13.7.